The summed E-state index contributed by atoms with van der Waals surface area (Å²) in [6.07, 6.45) is 0. The van der Waals surface area contributed by atoms with E-state index < -0.39 is 5.91 Å². The molecule has 0 fully saturated rings. The smallest absolute Gasteiger partial charge is 0.255 e. The van der Waals surface area contributed by atoms with Crippen LogP contribution in [0.1, 0.15) is 22.0 Å². The second-order valence-corrected chi connectivity index (χ2v) is 4.60. The third-order valence-corrected chi connectivity index (χ3v) is 3.20. The van der Waals surface area contributed by atoms with Crippen LogP contribution in [0.25, 0.3) is 0 Å². The Balaban J connectivity index is 2.17. The van der Waals surface area contributed by atoms with Crippen molar-refractivity contribution in [2.24, 2.45) is 0 Å². The number of hydrogen-bond acceptors (Lipinski definition) is 3. The van der Waals surface area contributed by atoms with Crippen molar-refractivity contribution in [2.75, 3.05) is 5.88 Å². The van der Waals surface area contributed by atoms with Gasteiger partial charge in [-0.05, 0) is 17.7 Å². The van der Waals surface area contributed by atoms with Gasteiger partial charge in [0.15, 0.2) is 0 Å². The maximum absolute atomic E-state index is 12.1. The molecule has 20 heavy (non-hydrogen) atoms. The summed E-state index contributed by atoms with van der Waals surface area (Å²) in [5.41, 5.74) is 0.975. The van der Waals surface area contributed by atoms with E-state index in [0.29, 0.717) is 0 Å². The molecule has 0 aliphatic rings. The number of amides is 1. The van der Waals surface area contributed by atoms with Crippen LogP contribution in [0.2, 0.25) is 0 Å². The lowest BCUT2D eigenvalue weighted by atomic mass is 10.1. The summed E-state index contributed by atoms with van der Waals surface area (Å²) >= 11 is 5.88. The first-order chi connectivity index (χ1) is 9.61. The lowest BCUT2D eigenvalue weighted by molar-refractivity contribution is 0.0937. The van der Waals surface area contributed by atoms with E-state index in [0.717, 1.165) is 11.6 Å². The zero-order valence-corrected chi connectivity index (χ0v) is 11.3. The highest BCUT2D eigenvalue weighted by Crippen LogP contribution is 2.23. The van der Waals surface area contributed by atoms with Gasteiger partial charge in [-0.3, -0.25) is 4.79 Å². The molecule has 0 bridgehead atoms. The molecule has 0 aromatic heterocycles. The first-order valence-electron chi connectivity index (χ1n) is 6.05. The van der Waals surface area contributed by atoms with E-state index in [4.69, 9.17) is 11.6 Å². The van der Waals surface area contributed by atoms with Crippen LogP contribution in [0.5, 0.6) is 11.5 Å². The normalized spacial score (nSPS) is 11.8. The minimum Gasteiger partial charge on any atom is -0.508 e. The van der Waals surface area contributed by atoms with Gasteiger partial charge in [0.1, 0.15) is 11.5 Å². The van der Waals surface area contributed by atoms with Crippen LogP contribution in [0.4, 0.5) is 0 Å². The number of phenols is 2. The molecule has 3 N–H and O–H groups in total. The van der Waals surface area contributed by atoms with Crippen LogP contribution in [0.3, 0.4) is 0 Å². The number of halogens is 1. The van der Waals surface area contributed by atoms with Gasteiger partial charge in [0.25, 0.3) is 5.91 Å². The van der Waals surface area contributed by atoms with Crippen LogP contribution in [0.15, 0.2) is 48.5 Å². The van der Waals surface area contributed by atoms with Gasteiger partial charge in [0.2, 0.25) is 0 Å². The lowest BCUT2D eigenvalue weighted by Gasteiger charge is -2.17. The molecule has 5 heteroatoms. The molecule has 2 rings (SSSR count). The maximum atomic E-state index is 12.1. The van der Waals surface area contributed by atoms with Crippen molar-refractivity contribution in [1.82, 2.24) is 5.32 Å². The third-order valence-electron chi connectivity index (χ3n) is 2.89. The Morgan fingerprint density at radius 2 is 1.85 bits per heavy atom. The summed E-state index contributed by atoms with van der Waals surface area (Å²) in [5, 5.41) is 21.6. The molecule has 0 saturated heterocycles. The van der Waals surface area contributed by atoms with Crippen molar-refractivity contribution < 1.29 is 15.0 Å². The Morgan fingerprint density at radius 3 is 2.45 bits per heavy atom. The Hall–Kier alpha value is -2.20. The van der Waals surface area contributed by atoms with Crippen LogP contribution >= 0.6 is 11.6 Å². The van der Waals surface area contributed by atoms with Crippen molar-refractivity contribution in [3.05, 3.63) is 59.7 Å². The fourth-order valence-corrected chi connectivity index (χ4v) is 2.10. The Morgan fingerprint density at radius 1 is 1.15 bits per heavy atom. The Kier molecular flexibility index (Phi) is 4.48. The molecule has 0 spiro atoms. The summed E-state index contributed by atoms with van der Waals surface area (Å²) in [6, 6.07) is 12.8. The van der Waals surface area contributed by atoms with E-state index in [2.05, 4.69) is 5.32 Å². The SMILES string of the molecule is O=C(NC(CCl)c1ccccc1)c1ccc(O)cc1O. The Bertz CT molecular complexity index is 601. The minimum atomic E-state index is -0.447. The van der Waals surface area contributed by atoms with Crippen molar-refractivity contribution in [2.45, 2.75) is 6.04 Å². The minimum absolute atomic E-state index is 0.0915. The summed E-state index contributed by atoms with van der Waals surface area (Å²) in [7, 11) is 0. The molecule has 4 nitrogen and oxygen atoms in total. The van der Waals surface area contributed by atoms with E-state index in [9.17, 15) is 15.0 Å². The largest absolute Gasteiger partial charge is 0.508 e. The maximum Gasteiger partial charge on any atom is 0.255 e. The van der Waals surface area contributed by atoms with Gasteiger partial charge in [-0.2, -0.15) is 0 Å². The van der Waals surface area contributed by atoms with Crippen LogP contribution < -0.4 is 5.32 Å². The molecule has 1 amide bonds. The number of carbonyl (C=O) groups excluding carboxylic acids is 1. The zero-order valence-electron chi connectivity index (χ0n) is 10.6. The van der Waals surface area contributed by atoms with Gasteiger partial charge in [-0.15, -0.1) is 11.6 Å². The quantitative estimate of drug-likeness (QED) is 0.759. The van der Waals surface area contributed by atoms with E-state index in [1.807, 2.05) is 30.3 Å². The average Bonchev–Trinajstić information content (AvgIpc) is 2.45. The number of hydrogen-bond donors (Lipinski definition) is 3. The van der Waals surface area contributed by atoms with Gasteiger partial charge in [-0.25, -0.2) is 0 Å². The topological polar surface area (TPSA) is 69.6 Å². The predicted octanol–water partition coefficient (Wildman–Crippen LogP) is 2.81. The number of alkyl halides is 1. The summed E-state index contributed by atoms with van der Waals surface area (Å²) in [6.45, 7) is 0. The van der Waals surface area contributed by atoms with Crippen molar-refractivity contribution in [1.29, 1.82) is 0 Å². The van der Waals surface area contributed by atoms with Gasteiger partial charge in [-0.1, -0.05) is 30.3 Å². The molecule has 0 aliphatic heterocycles. The monoisotopic (exact) mass is 291 g/mol. The second-order valence-electron chi connectivity index (χ2n) is 4.29. The number of carbonyl (C=O) groups is 1. The van der Waals surface area contributed by atoms with Gasteiger partial charge >= 0.3 is 0 Å². The fourth-order valence-electron chi connectivity index (χ4n) is 1.84. The summed E-state index contributed by atoms with van der Waals surface area (Å²) in [5.74, 6) is -0.605. The summed E-state index contributed by atoms with van der Waals surface area (Å²) < 4.78 is 0. The molecule has 2 aromatic rings. The molecule has 0 saturated carbocycles. The predicted molar refractivity (Wildman–Crippen MR) is 77.1 cm³/mol. The molecular weight excluding hydrogens is 278 g/mol. The van der Waals surface area contributed by atoms with Crippen LogP contribution in [0, 0.1) is 0 Å². The highest BCUT2D eigenvalue weighted by atomic mass is 35.5. The number of nitrogens with one attached hydrogen (secondary N) is 1. The standard InChI is InChI=1S/C15H14ClNO3/c16-9-13(10-4-2-1-3-5-10)17-15(20)12-7-6-11(18)8-14(12)19/h1-8,13,18-19H,9H2,(H,17,20). The first kappa shape index (κ1) is 14.2. The second kappa shape index (κ2) is 6.30. The third kappa shape index (κ3) is 3.22. The van der Waals surface area contributed by atoms with E-state index >= 15 is 0 Å². The molecule has 0 heterocycles. The van der Waals surface area contributed by atoms with Crippen LogP contribution in [-0.4, -0.2) is 22.0 Å². The number of aromatic hydroxyl groups is 2. The van der Waals surface area contributed by atoms with Crippen LogP contribution in [-0.2, 0) is 0 Å². The van der Waals surface area contributed by atoms with Gasteiger partial charge < -0.3 is 15.5 Å². The number of benzene rings is 2. The molecule has 1 atom stereocenters. The Labute approximate surface area is 121 Å². The summed E-state index contributed by atoms with van der Waals surface area (Å²) in [4.78, 5) is 12.1. The van der Waals surface area contributed by atoms with Crippen molar-refractivity contribution >= 4 is 17.5 Å². The molecule has 0 aliphatic carbocycles. The zero-order chi connectivity index (χ0) is 14.5. The van der Waals surface area contributed by atoms with Gasteiger partial charge in [0.05, 0.1) is 11.6 Å². The molecule has 104 valence electrons. The average molecular weight is 292 g/mol. The highest BCUT2D eigenvalue weighted by molar-refractivity contribution is 6.18. The number of phenolic OH excluding ortho intramolecular Hbond substituents is 2. The fraction of sp³-hybridized carbons (Fsp3) is 0.133. The van der Waals surface area contributed by atoms with Crippen molar-refractivity contribution in [3.8, 4) is 11.5 Å². The molecule has 0 radical (unpaired) electrons. The van der Waals surface area contributed by atoms with Gasteiger partial charge in [0, 0.05) is 11.9 Å². The van der Waals surface area contributed by atoms with E-state index in [1.54, 1.807) is 0 Å². The molecule has 2 aromatic carbocycles. The van der Waals surface area contributed by atoms with E-state index in [-0.39, 0.29) is 29.0 Å². The van der Waals surface area contributed by atoms with E-state index in [1.165, 1.54) is 12.1 Å². The van der Waals surface area contributed by atoms with Crippen molar-refractivity contribution in [3.63, 3.8) is 0 Å². The lowest BCUT2D eigenvalue weighted by Crippen LogP contribution is -2.29. The molecular formula is C15H14ClNO3. The first-order valence-corrected chi connectivity index (χ1v) is 6.59. The number of rotatable bonds is 4. The highest BCUT2D eigenvalue weighted by Gasteiger charge is 2.17. The molecule has 1 unspecified atom stereocenters.